The molecule has 1 saturated heterocycles. The van der Waals surface area contributed by atoms with E-state index in [2.05, 4.69) is 38.9 Å². The zero-order chi connectivity index (χ0) is 15.0. The second kappa shape index (κ2) is 6.04. The fourth-order valence-corrected chi connectivity index (χ4v) is 5.24. The average molecular weight is 291 g/mol. The summed E-state index contributed by atoms with van der Waals surface area (Å²) in [4.78, 5) is 2.32. The maximum Gasteiger partial charge on any atom is 0.0707 e. The van der Waals surface area contributed by atoms with E-state index >= 15 is 0 Å². The van der Waals surface area contributed by atoms with E-state index in [0.717, 1.165) is 12.5 Å². The highest BCUT2D eigenvalue weighted by molar-refractivity contribution is 5.21. The van der Waals surface area contributed by atoms with Crippen LogP contribution in [0.25, 0.3) is 0 Å². The van der Waals surface area contributed by atoms with Gasteiger partial charge in [0.1, 0.15) is 0 Å². The van der Waals surface area contributed by atoms with Gasteiger partial charge < -0.3 is 9.64 Å². The molecule has 1 aliphatic heterocycles. The molecule has 2 heteroatoms. The summed E-state index contributed by atoms with van der Waals surface area (Å²) in [5, 5.41) is 0. The fraction of sp³-hybridized carbons (Fsp3) is 0.895. The third-order valence-electron chi connectivity index (χ3n) is 5.84. The van der Waals surface area contributed by atoms with Crippen LogP contribution in [-0.2, 0) is 4.74 Å². The monoisotopic (exact) mass is 291 g/mol. The molecule has 1 saturated carbocycles. The maximum atomic E-state index is 6.76. The Bertz CT molecular complexity index is 398. The molecule has 0 aromatic carbocycles. The van der Waals surface area contributed by atoms with Gasteiger partial charge in [-0.05, 0) is 46.2 Å². The van der Waals surface area contributed by atoms with E-state index in [4.69, 9.17) is 4.74 Å². The van der Waals surface area contributed by atoms with E-state index in [1.165, 1.54) is 44.9 Å². The molecule has 4 atom stereocenters. The third kappa shape index (κ3) is 3.07. The van der Waals surface area contributed by atoms with Crippen molar-refractivity contribution in [1.29, 1.82) is 0 Å². The molecule has 0 spiro atoms. The first-order chi connectivity index (χ1) is 9.99. The standard InChI is InChI=1S/C19H33NO/c1-19(2,13-20(3)4)18-16-11-6-5-9-14(16)15-10-7-8-12-17(15)21-18/h9,15-18H,5-8,10-13H2,1-4H3/t15-,16-,17-,18+/m0/s1. The molecule has 0 unspecified atom stereocenters. The third-order valence-corrected chi connectivity index (χ3v) is 5.84. The van der Waals surface area contributed by atoms with Crippen molar-refractivity contribution in [1.82, 2.24) is 4.90 Å². The summed E-state index contributed by atoms with van der Waals surface area (Å²) in [6.07, 6.45) is 12.9. The molecule has 0 amide bonds. The summed E-state index contributed by atoms with van der Waals surface area (Å²) in [6, 6.07) is 0. The fourth-order valence-electron chi connectivity index (χ4n) is 5.24. The van der Waals surface area contributed by atoms with Gasteiger partial charge in [-0.3, -0.25) is 0 Å². The van der Waals surface area contributed by atoms with E-state index in [1.54, 1.807) is 5.57 Å². The van der Waals surface area contributed by atoms with Crippen molar-refractivity contribution in [3.05, 3.63) is 11.6 Å². The van der Waals surface area contributed by atoms with Crippen molar-refractivity contribution in [3.63, 3.8) is 0 Å². The van der Waals surface area contributed by atoms with Crippen molar-refractivity contribution in [2.24, 2.45) is 17.3 Å². The lowest BCUT2D eigenvalue weighted by molar-refractivity contribution is -0.151. The molecule has 0 radical (unpaired) electrons. The minimum absolute atomic E-state index is 0.229. The highest BCUT2D eigenvalue weighted by atomic mass is 16.5. The number of allylic oxidation sites excluding steroid dienone is 1. The molecule has 1 heterocycles. The summed E-state index contributed by atoms with van der Waals surface area (Å²) >= 11 is 0. The number of ether oxygens (including phenoxy) is 1. The molecular formula is C19H33NO. The number of rotatable bonds is 3. The second-order valence-electron chi connectivity index (χ2n) is 8.45. The van der Waals surface area contributed by atoms with Gasteiger partial charge in [-0.25, -0.2) is 0 Å². The van der Waals surface area contributed by atoms with Crippen LogP contribution in [-0.4, -0.2) is 37.7 Å². The van der Waals surface area contributed by atoms with Crippen molar-refractivity contribution >= 4 is 0 Å². The minimum Gasteiger partial charge on any atom is -0.373 e. The number of hydrogen-bond acceptors (Lipinski definition) is 2. The van der Waals surface area contributed by atoms with Crippen LogP contribution in [0, 0.1) is 17.3 Å². The predicted molar refractivity (Wildman–Crippen MR) is 88.4 cm³/mol. The van der Waals surface area contributed by atoms with E-state index < -0.39 is 0 Å². The van der Waals surface area contributed by atoms with Crippen molar-refractivity contribution in [3.8, 4) is 0 Å². The van der Waals surface area contributed by atoms with Crippen molar-refractivity contribution < 1.29 is 4.74 Å². The SMILES string of the molecule is CN(C)CC(C)(C)[C@@H]1O[C@H]2CCCC[C@H]2C2=CCCC[C@@H]21. The maximum absolute atomic E-state index is 6.76. The molecular weight excluding hydrogens is 258 g/mol. The molecule has 2 aliphatic carbocycles. The molecule has 2 nitrogen and oxygen atoms in total. The van der Waals surface area contributed by atoms with E-state index in [1.807, 2.05) is 0 Å². The Morgan fingerprint density at radius 2 is 1.81 bits per heavy atom. The summed E-state index contributed by atoms with van der Waals surface area (Å²) in [5.41, 5.74) is 2.02. The van der Waals surface area contributed by atoms with Crippen molar-refractivity contribution in [2.75, 3.05) is 20.6 Å². The molecule has 3 rings (SSSR count). The van der Waals surface area contributed by atoms with E-state index in [0.29, 0.717) is 18.1 Å². The van der Waals surface area contributed by atoms with E-state index in [-0.39, 0.29) is 5.41 Å². The Balaban J connectivity index is 1.87. The van der Waals surface area contributed by atoms with Gasteiger partial charge in [0.25, 0.3) is 0 Å². The largest absolute Gasteiger partial charge is 0.373 e. The van der Waals surface area contributed by atoms with Gasteiger partial charge >= 0.3 is 0 Å². The predicted octanol–water partition coefficient (Wildman–Crippen LogP) is 4.26. The summed E-state index contributed by atoms with van der Waals surface area (Å²) in [7, 11) is 4.37. The Labute approximate surface area is 130 Å². The average Bonchev–Trinajstić information content (AvgIpc) is 2.45. The highest BCUT2D eigenvalue weighted by Crippen LogP contribution is 2.50. The van der Waals surface area contributed by atoms with Crippen LogP contribution in [0.15, 0.2) is 11.6 Å². The van der Waals surface area contributed by atoms with Gasteiger partial charge in [0.15, 0.2) is 0 Å². The summed E-state index contributed by atoms with van der Waals surface area (Å²) in [6.45, 7) is 5.93. The van der Waals surface area contributed by atoms with Gasteiger partial charge in [0.2, 0.25) is 0 Å². The van der Waals surface area contributed by atoms with Gasteiger partial charge in [-0.2, -0.15) is 0 Å². The lowest BCUT2D eigenvalue weighted by Gasteiger charge is -2.52. The number of fused-ring (bicyclic) bond motifs is 3. The Hall–Kier alpha value is -0.340. The lowest BCUT2D eigenvalue weighted by Crippen LogP contribution is -2.53. The van der Waals surface area contributed by atoms with Crippen molar-refractivity contribution in [2.45, 2.75) is 71.0 Å². The van der Waals surface area contributed by atoms with Gasteiger partial charge in [0, 0.05) is 23.8 Å². The first-order valence-electron chi connectivity index (χ1n) is 8.99. The number of hydrogen-bond donors (Lipinski definition) is 0. The molecule has 0 aromatic rings. The Morgan fingerprint density at radius 1 is 1.10 bits per heavy atom. The van der Waals surface area contributed by atoms with Gasteiger partial charge in [-0.15, -0.1) is 0 Å². The second-order valence-corrected chi connectivity index (χ2v) is 8.45. The van der Waals surface area contributed by atoms with Gasteiger partial charge in [0.05, 0.1) is 12.2 Å². The molecule has 120 valence electrons. The van der Waals surface area contributed by atoms with Crippen LogP contribution in [0.5, 0.6) is 0 Å². The first-order valence-corrected chi connectivity index (χ1v) is 8.99. The molecule has 3 aliphatic rings. The lowest BCUT2D eigenvalue weighted by atomic mass is 9.64. The molecule has 0 aromatic heterocycles. The van der Waals surface area contributed by atoms with Crippen LogP contribution in [0.1, 0.15) is 58.8 Å². The number of nitrogens with zero attached hydrogens (tertiary/aromatic N) is 1. The van der Waals surface area contributed by atoms with Crippen LogP contribution >= 0.6 is 0 Å². The molecule has 0 bridgehead atoms. The Kier molecular flexibility index (Phi) is 4.47. The first kappa shape index (κ1) is 15.6. The molecule has 2 fully saturated rings. The normalized spacial score (nSPS) is 36.9. The Morgan fingerprint density at radius 3 is 2.57 bits per heavy atom. The highest BCUT2D eigenvalue weighted by Gasteiger charge is 2.48. The molecule has 0 N–H and O–H groups in total. The molecule has 21 heavy (non-hydrogen) atoms. The van der Waals surface area contributed by atoms with E-state index in [9.17, 15) is 0 Å². The smallest absolute Gasteiger partial charge is 0.0707 e. The minimum atomic E-state index is 0.229. The summed E-state index contributed by atoms with van der Waals surface area (Å²) in [5.74, 6) is 1.43. The van der Waals surface area contributed by atoms with Gasteiger partial charge in [-0.1, -0.05) is 38.3 Å². The topological polar surface area (TPSA) is 12.5 Å². The zero-order valence-electron chi connectivity index (χ0n) is 14.4. The van der Waals surface area contributed by atoms with Crippen LogP contribution in [0.4, 0.5) is 0 Å². The zero-order valence-corrected chi connectivity index (χ0v) is 14.4. The quantitative estimate of drug-likeness (QED) is 0.720. The summed E-state index contributed by atoms with van der Waals surface area (Å²) < 4.78 is 6.76. The van der Waals surface area contributed by atoms with Crippen LogP contribution in [0.2, 0.25) is 0 Å². The van der Waals surface area contributed by atoms with Crippen LogP contribution < -0.4 is 0 Å². The van der Waals surface area contributed by atoms with Crippen LogP contribution in [0.3, 0.4) is 0 Å².